The van der Waals surface area contributed by atoms with Crippen LogP contribution in [0.4, 0.5) is 10.5 Å². The van der Waals surface area contributed by atoms with Crippen LogP contribution in [0.5, 0.6) is 11.5 Å². The van der Waals surface area contributed by atoms with Crippen LogP contribution in [0.1, 0.15) is 16.7 Å². The Bertz CT molecular complexity index is 1340. The summed E-state index contributed by atoms with van der Waals surface area (Å²) in [5, 5.41) is 2.47. The van der Waals surface area contributed by atoms with E-state index in [0.717, 1.165) is 27.4 Å². The third-order valence-electron chi connectivity index (χ3n) is 5.27. The van der Waals surface area contributed by atoms with Gasteiger partial charge in [0.05, 0.1) is 18.6 Å². The molecule has 0 aromatic heterocycles. The van der Waals surface area contributed by atoms with Crippen LogP contribution in [0.3, 0.4) is 0 Å². The lowest BCUT2D eigenvalue weighted by atomic mass is 10.1. The zero-order valence-corrected chi connectivity index (χ0v) is 22.0. The number of thioether (sulfide) groups is 1. The highest BCUT2D eigenvalue weighted by molar-refractivity contribution is 9.10. The standard InChI is InChI=1S/C27H23BrN2O5S/c1-17-4-3-5-21(12-17)29-25(31)16-35-22-11-8-19(13-23(22)34-2)14-24-26(32)30(27(33)36-24)15-18-6-9-20(28)10-7-18/h3-14H,15-16H2,1-2H3,(H,29,31)/b24-14-. The van der Waals surface area contributed by atoms with Gasteiger partial charge in [0.25, 0.3) is 17.1 Å². The van der Waals surface area contributed by atoms with Crippen molar-refractivity contribution in [3.05, 3.63) is 92.8 Å². The topological polar surface area (TPSA) is 84.9 Å². The molecule has 1 fully saturated rings. The Hall–Kier alpha value is -3.56. The molecule has 0 atom stereocenters. The van der Waals surface area contributed by atoms with Gasteiger partial charge in [-0.15, -0.1) is 0 Å². The highest BCUT2D eigenvalue weighted by Gasteiger charge is 2.35. The lowest BCUT2D eigenvalue weighted by Crippen LogP contribution is -2.27. The zero-order chi connectivity index (χ0) is 25.7. The van der Waals surface area contributed by atoms with Gasteiger partial charge in [-0.2, -0.15) is 0 Å². The molecule has 1 aliphatic heterocycles. The van der Waals surface area contributed by atoms with Gasteiger partial charge in [0, 0.05) is 10.2 Å². The van der Waals surface area contributed by atoms with Gasteiger partial charge >= 0.3 is 0 Å². The highest BCUT2D eigenvalue weighted by atomic mass is 79.9. The maximum absolute atomic E-state index is 12.9. The number of hydrogen-bond donors (Lipinski definition) is 1. The number of halogens is 1. The second kappa shape index (κ2) is 11.5. The maximum Gasteiger partial charge on any atom is 0.293 e. The van der Waals surface area contributed by atoms with E-state index >= 15 is 0 Å². The van der Waals surface area contributed by atoms with Gasteiger partial charge in [0.15, 0.2) is 18.1 Å². The molecule has 0 aliphatic carbocycles. The molecule has 184 valence electrons. The van der Waals surface area contributed by atoms with Gasteiger partial charge in [-0.05, 0) is 77.9 Å². The molecule has 0 unspecified atom stereocenters. The molecular formula is C27H23BrN2O5S. The summed E-state index contributed by atoms with van der Waals surface area (Å²) in [4.78, 5) is 39.2. The van der Waals surface area contributed by atoms with Crippen LogP contribution in [-0.4, -0.2) is 35.7 Å². The van der Waals surface area contributed by atoms with Gasteiger partial charge in [-0.1, -0.05) is 46.3 Å². The monoisotopic (exact) mass is 566 g/mol. The molecule has 3 aromatic carbocycles. The Morgan fingerprint density at radius 1 is 1.06 bits per heavy atom. The summed E-state index contributed by atoms with van der Waals surface area (Å²) in [5.74, 6) is 0.143. The summed E-state index contributed by atoms with van der Waals surface area (Å²) in [7, 11) is 1.49. The van der Waals surface area contributed by atoms with Crippen LogP contribution in [-0.2, 0) is 16.1 Å². The number of methoxy groups -OCH3 is 1. The lowest BCUT2D eigenvalue weighted by molar-refractivity contribution is -0.123. The average molecular weight is 567 g/mol. The number of carbonyl (C=O) groups excluding carboxylic acids is 3. The smallest absolute Gasteiger partial charge is 0.293 e. The Labute approximate surface area is 221 Å². The summed E-state index contributed by atoms with van der Waals surface area (Å²) in [6.07, 6.45) is 1.64. The van der Waals surface area contributed by atoms with Gasteiger partial charge in [-0.3, -0.25) is 19.3 Å². The molecule has 1 saturated heterocycles. The first-order valence-corrected chi connectivity index (χ1v) is 12.6. The first-order chi connectivity index (χ1) is 17.3. The van der Waals surface area contributed by atoms with Crippen molar-refractivity contribution in [2.75, 3.05) is 19.0 Å². The normalized spacial score (nSPS) is 14.3. The predicted molar refractivity (Wildman–Crippen MR) is 144 cm³/mol. The number of hydrogen-bond acceptors (Lipinski definition) is 6. The molecule has 0 spiro atoms. The SMILES string of the molecule is COc1cc(/C=C2\SC(=O)N(Cc3ccc(Br)cc3)C2=O)ccc1OCC(=O)Nc1cccc(C)c1. The quantitative estimate of drug-likeness (QED) is 0.335. The minimum atomic E-state index is -0.347. The fraction of sp³-hybridized carbons (Fsp3) is 0.148. The van der Waals surface area contributed by atoms with Crippen LogP contribution in [0.25, 0.3) is 6.08 Å². The molecule has 3 amide bonds. The van der Waals surface area contributed by atoms with Crippen molar-refractivity contribution in [3.8, 4) is 11.5 Å². The van der Waals surface area contributed by atoms with E-state index in [-0.39, 0.29) is 30.2 Å². The highest BCUT2D eigenvalue weighted by Crippen LogP contribution is 2.35. The van der Waals surface area contributed by atoms with E-state index in [1.165, 1.54) is 12.0 Å². The maximum atomic E-state index is 12.9. The van der Waals surface area contributed by atoms with Crippen molar-refractivity contribution < 1.29 is 23.9 Å². The summed E-state index contributed by atoms with van der Waals surface area (Å²) < 4.78 is 12.0. The first kappa shape index (κ1) is 25.5. The van der Waals surface area contributed by atoms with E-state index in [4.69, 9.17) is 9.47 Å². The molecule has 9 heteroatoms. The molecule has 1 aliphatic rings. The Morgan fingerprint density at radius 2 is 1.83 bits per heavy atom. The molecule has 36 heavy (non-hydrogen) atoms. The zero-order valence-electron chi connectivity index (χ0n) is 19.6. The number of nitrogens with one attached hydrogen (secondary N) is 1. The van der Waals surface area contributed by atoms with Crippen molar-refractivity contribution >= 4 is 56.5 Å². The van der Waals surface area contributed by atoms with Crippen molar-refractivity contribution in [1.29, 1.82) is 0 Å². The fourth-order valence-electron chi connectivity index (χ4n) is 3.52. The van der Waals surface area contributed by atoms with Crippen LogP contribution in [0, 0.1) is 6.92 Å². The largest absolute Gasteiger partial charge is 0.493 e. The third kappa shape index (κ3) is 6.35. The average Bonchev–Trinajstić information content (AvgIpc) is 3.11. The van der Waals surface area contributed by atoms with E-state index in [9.17, 15) is 14.4 Å². The van der Waals surface area contributed by atoms with Crippen LogP contribution < -0.4 is 14.8 Å². The molecule has 4 rings (SSSR count). The van der Waals surface area contributed by atoms with Crippen molar-refractivity contribution in [1.82, 2.24) is 4.90 Å². The molecular weight excluding hydrogens is 544 g/mol. The predicted octanol–water partition coefficient (Wildman–Crippen LogP) is 6.02. The Balaban J connectivity index is 1.41. The van der Waals surface area contributed by atoms with Gasteiger partial charge < -0.3 is 14.8 Å². The van der Waals surface area contributed by atoms with E-state index in [1.54, 1.807) is 30.3 Å². The summed E-state index contributed by atoms with van der Waals surface area (Å²) in [5.41, 5.74) is 3.26. The number of ether oxygens (including phenoxy) is 2. The first-order valence-electron chi connectivity index (χ1n) is 11.0. The minimum absolute atomic E-state index is 0.196. The van der Waals surface area contributed by atoms with Crippen molar-refractivity contribution in [3.63, 3.8) is 0 Å². The number of nitrogens with zero attached hydrogens (tertiary/aromatic N) is 1. The number of rotatable bonds is 8. The molecule has 0 radical (unpaired) electrons. The van der Waals surface area contributed by atoms with E-state index in [0.29, 0.717) is 27.7 Å². The van der Waals surface area contributed by atoms with E-state index < -0.39 is 0 Å². The van der Waals surface area contributed by atoms with Crippen molar-refractivity contribution in [2.24, 2.45) is 0 Å². The van der Waals surface area contributed by atoms with Gasteiger partial charge in [0.1, 0.15) is 0 Å². The number of carbonyl (C=O) groups is 3. The Kier molecular flexibility index (Phi) is 8.12. The molecule has 1 N–H and O–H groups in total. The third-order valence-corrected chi connectivity index (χ3v) is 6.71. The second-order valence-electron chi connectivity index (χ2n) is 8.01. The van der Waals surface area contributed by atoms with E-state index in [1.807, 2.05) is 49.4 Å². The number of aryl methyl sites for hydroxylation is 1. The molecule has 1 heterocycles. The lowest BCUT2D eigenvalue weighted by Gasteiger charge is -2.13. The second-order valence-corrected chi connectivity index (χ2v) is 9.92. The van der Waals surface area contributed by atoms with Gasteiger partial charge in [0.2, 0.25) is 0 Å². The van der Waals surface area contributed by atoms with Gasteiger partial charge in [-0.25, -0.2) is 0 Å². The number of amides is 3. The molecule has 0 bridgehead atoms. The van der Waals surface area contributed by atoms with E-state index in [2.05, 4.69) is 21.2 Å². The molecule has 3 aromatic rings. The van der Waals surface area contributed by atoms with Crippen LogP contribution in [0.2, 0.25) is 0 Å². The Morgan fingerprint density at radius 3 is 2.56 bits per heavy atom. The minimum Gasteiger partial charge on any atom is -0.493 e. The fourth-order valence-corrected chi connectivity index (χ4v) is 4.62. The number of benzene rings is 3. The van der Waals surface area contributed by atoms with Crippen molar-refractivity contribution in [2.45, 2.75) is 13.5 Å². The number of anilines is 1. The summed E-state index contributed by atoms with van der Waals surface area (Å²) >= 11 is 4.27. The van der Waals surface area contributed by atoms with Crippen LogP contribution in [0.15, 0.2) is 76.1 Å². The number of imide groups is 1. The molecule has 7 nitrogen and oxygen atoms in total. The summed E-state index contributed by atoms with van der Waals surface area (Å²) in [6.45, 7) is 1.95. The molecule has 0 saturated carbocycles. The van der Waals surface area contributed by atoms with Crippen LogP contribution >= 0.6 is 27.7 Å². The summed E-state index contributed by atoms with van der Waals surface area (Å²) in [6, 6.07) is 20.0.